The predicted molar refractivity (Wildman–Crippen MR) is 86.2 cm³/mol. The number of primary sulfonamides is 1. The Balaban J connectivity index is 1.45. The number of rotatable bonds is 4. The molecule has 0 spiro atoms. The average molecular weight is 332 g/mol. The van der Waals surface area contributed by atoms with Gasteiger partial charge < -0.3 is 0 Å². The maximum absolute atomic E-state index is 11.7. The van der Waals surface area contributed by atoms with Gasteiger partial charge in [0.25, 0.3) is 0 Å². The van der Waals surface area contributed by atoms with Crippen LogP contribution in [0.15, 0.2) is 41.4 Å². The number of nitrogens with zero attached hydrogens (tertiary/aromatic N) is 3. The molecule has 0 saturated heterocycles. The largest absolute Gasteiger partial charge is 0.295 e. The predicted octanol–water partition coefficient (Wildman–Crippen LogP) is 1.15. The van der Waals surface area contributed by atoms with Crippen molar-refractivity contribution in [3.63, 3.8) is 0 Å². The van der Waals surface area contributed by atoms with E-state index in [2.05, 4.69) is 34.3 Å². The van der Waals surface area contributed by atoms with Gasteiger partial charge in [-0.3, -0.25) is 9.58 Å². The normalized spacial score (nSPS) is 24.4. The molecule has 4 rings (SSSR count). The lowest BCUT2D eigenvalue weighted by molar-refractivity contribution is 0.201. The molecule has 23 heavy (non-hydrogen) atoms. The van der Waals surface area contributed by atoms with Gasteiger partial charge in [0.05, 0.1) is 18.4 Å². The number of hydrogen-bond acceptors (Lipinski definition) is 4. The van der Waals surface area contributed by atoms with Crippen LogP contribution in [0.1, 0.15) is 23.6 Å². The van der Waals surface area contributed by atoms with E-state index in [1.165, 1.54) is 18.2 Å². The highest BCUT2D eigenvalue weighted by Gasteiger charge is 2.39. The monoisotopic (exact) mass is 332 g/mol. The summed E-state index contributed by atoms with van der Waals surface area (Å²) in [7, 11) is -3.70. The lowest BCUT2D eigenvalue weighted by Crippen LogP contribution is -2.36. The van der Waals surface area contributed by atoms with Crippen LogP contribution in [0.2, 0.25) is 0 Å². The highest BCUT2D eigenvalue weighted by atomic mass is 32.2. The molecule has 0 bridgehead atoms. The molecule has 6 nitrogen and oxygen atoms in total. The van der Waals surface area contributed by atoms with Gasteiger partial charge in [-0.15, -0.1) is 0 Å². The molecular formula is C16H20N4O2S. The molecule has 1 aromatic heterocycles. The lowest BCUT2D eigenvalue weighted by atomic mass is 10.1. The SMILES string of the molecule is NS(=O)(=O)c1cnn2c1CN(C[C@@H]1C[C@H]1c1ccccc1)CC2. The molecule has 7 heteroatoms. The number of nitrogens with two attached hydrogens (primary N) is 1. The Labute approximate surface area is 135 Å². The van der Waals surface area contributed by atoms with Gasteiger partial charge in [0, 0.05) is 19.6 Å². The van der Waals surface area contributed by atoms with E-state index < -0.39 is 10.0 Å². The summed E-state index contributed by atoms with van der Waals surface area (Å²) in [6.07, 6.45) is 2.58. The summed E-state index contributed by atoms with van der Waals surface area (Å²) in [5.41, 5.74) is 2.13. The van der Waals surface area contributed by atoms with Gasteiger partial charge >= 0.3 is 0 Å². The van der Waals surface area contributed by atoms with Crippen LogP contribution in [-0.2, 0) is 23.1 Å². The quantitative estimate of drug-likeness (QED) is 0.911. The first-order valence-electron chi connectivity index (χ1n) is 7.87. The Morgan fingerprint density at radius 1 is 1.22 bits per heavy atom. The summed E-state index contributed by atoms with van der Waals surface area (Å²) >= 11 is 0. The first-order chi connectivity index (χ1) is 11.0. The third kappa shape index (κ3) is 2.91. The molecule has 0 unspecified atom stereocenters. The molecule has 1 aliphatic carbocycles. The van der Waals surface area contributed by atoms with Crippen LogP contribution in [0, 0.1) is 5.92 Å². The summed E-state index contributed by atoms with van der Waals surface area (Å²) in [6.45, 7) is 3.21. The van der Waals surface area contributed by atoms with Crippen LogP contribution >= 0.6 is 0 Å². The Morgan fingerprint density at radius 2 is 2.00 bits per heavy atom. The van der Waals surface area contributed by atoms with E-state index in [1.54, 1.807) is 4.68 Å². The number of hydrogen-bond donors (Lipinski definition) is 1. The zero-order valence-electron chi connectivity index (χ0n) is 12.8. The molecule has 2 heterocycles. The Kier molecular flexibility index (Phi) is 3.51. The third-order valence-electron chi connectivity index (χ3n) is 4.86. The van der Waals surface area contributed by atoms with Gasteiger partial charge in [-0.05, 0) is 23.8 Å². The molecule has 2 aromatic rings. The molecule has 0 radical (unpaired) electrons. The minimum atomic E-state index is -3.70. The van der Waals surface area contributed by atoms with Crippen LogP contribution in [0.4, 0.5) is 0 Å². The van der Waals surface area contributed by atoms with Crippen LogP contribution in [0.5, 0.6) is 0 Å². The molecule has 1 saturated carbocycles. The number of sulfonamides is 1. The Morgan fingerprint density at radius 3 is 2.74 bits per heavy atom. The first kappa shape index (κ1) is 14.9. The summed E-state index contributed by atoms with van der Waals surface area (Å²) < 4.78 is 25.1. The van der Waals surface area contributed by atoms with Crippen molar-refractivity contribution in [2.75, 3.05) is 13.1 Å². The number of fused-ring (bicyclic) bond motifs is 1. The van der Waals surface area contributed by atoms with Gasteiger partial charge in [0.2, 0.25) is 10.0 Å². The van der Waals surface area contributed by atoms with E-state index in [4.69, 9.17) is 5.14 Å². The number of benzene rings is 1. The summed E-state index contributed by atoms with van der Waals surface area (Å²) in [6, 6.07) is 10.6. The van der Waals surface area contributed by atoms with E-state index >= 15 is 0 Å². The molecule has 0 amide bonds. The van der Waals surface area contributed by atoms with Gasteiger partial charge in [0.15, 0.2) is 0 Å². The van der Waals surface area contributed by atoms with Crippen molar-refractivity contribution in [2.24, 2.45) is 11.1 Å². The summed E-state index contributed by atoms with van der Waals surface area (Å²) in [5, 5.41) is 9.43. The fraction of sp³-hybridized carbons (Fsp3) is 0.438. The maximum atomic E-state index is 11.7. The van der Waals surface area contributed by atoms with Crippen LogP contribution in [0.25, 0.3) is 0 Å². The molecule has 122 valence electrons. The van der Waals surface area contributed by atoms with E-state index in [-0.39, 0.29) is 4.90 Å². The zero-order valence-corrected chi connectivity index (χ0v) is 13.6. The van der Waals surface area contributed by atoms with E-state index in [0.717, 1.165) is 18.8 Å². The van der Waals surface area contributed by atoms with Crippen LogP contribution in [0.3, 0.4) is 0 Å². The fourth-order valence-corrected chi connectivity index (χ4v) is 4.25. The standard InChI is InChI=1S/C16H20N4O2S/c17-23(21,22)16-9-18-20-7-6-19(11-15(16)20)10-13-8-14(13)12-4-2-1-3-5-12/h1-5,9,13-14H,6-8,10-11H2,(H2,17,21,22)/t13-,14-/m0/s1. The summed E-state index contributed by atoms with van der Waals surface area (Å²) in [4.78, 5) is 2.48. The highest BCUT2D eigenvalue weighted by Crippen LogP contribution is 2.47. The molecule has 1 aromatic carbocycles. The van der Waals surface area contributed by atoms with E-state index in [0.29, 0.717) is 24.9 Å². The smallest absolute Gasteiger partial charge is 0.241 e. The fourth-order valence-electron chi connectivity index (χ4n) is 3.56. The highest BCUT2D eigenvalue weighted by molar-refractivity contribution is 7.89. The zero-order chi connectivity index (χ0) is 16.0. The van der Waals surface area contributed by atoms with E-state index in [1.807, 2.05) is 6.07 Å². The molecule has 2 N–H and O–H groups in total. The molecule has 2 aliphatic rings. The van der Waals surface area contributed by atoms with Gasteiger partial charge in [0.1, 0.15) is 4.90 Å². The first-order valence-corrected chi connectivity index (χ1v) is 9.42. The van der Waals surface area contributed by atoms with E-state index in [9.17, 15) is 8.42 Å². The van der Waals surface area contributed by atoms with Crippen molar-refractivity contribution >= 4 is 10.0 Å². The second kappa shape index (κ2) is 5.43. The molecule has 1 fully saturated rings. The van der Waals surface area contributed by atoms with Gasteiger partial charge in [-0.1, -0.05) is 30.3 Å². The minimum absolute atomic E-state index is 0.164. The molecule has 2 atom stereocenters. The maximum Gasteiger partial charge on any atom is 0.241 e. The topological polar surface area (TPSA) is 81.2 Å². The van der Waals surface area contributed by atoms with Crippen molar-refractivity contribution < 1.29 is 8.42 Å². The van der Waals surface area contributed by atoms with Gasteiger partial charge in [-0.2, -0.15) is 5.10 Å². The summed E-state index contributed by atoms with van der Waals surface area (Å²) in [5.74, 6) is 1.30. The van der Waals surface area contributed by atoms with Gasteiger partial charge in [-0.25, -0.2) is 13.6 Å². The van der Waals surface area contributed by atoms with Crippen molar-refractivity contribution in [3.8, 4) is 0 Å². The Bertz CT molecular complexity index is 816. The van der Waals surface area contributed by atoms with Crippen LogP contribution < -0.4 is 5.14 Å². The Hall–Kier alpha value is -1.70. The lowest BCUT2D eigenvalue weighted by Gasteiger charge is -2.28. The minimum Gasteiger partial charge on any atom is -0.295 e. The number of aromatic nitrogens is 2. The van der Waals surface area contributed by atoms with Crippen molar-refractivity contribution in [1.82, 2.24) is 14.7 Å². The second-order valence-electron chi connectivity index (χ2n) is 6.47. The van der Waals surface area contributed by atoms with Crippen molar-refractivity contribution in [2.45, 2.75) is 30.3 Å². The molecular weight excluding hydrogens is 312 g/mol. The average Bonchev–Trinajstić information content (AvgIpc) is 3.14. The second-order valence-corrected chi connectivity index (χ2v) is 8.00. The van der Waals surface area contributed by atoms with Crippen molar-refractivity contribution in [3.05, 3.63) is 47.8 Å². The third-order valence-corrected chi connectivity index (χ3v) is 5.82. The van der Waals surface area contributed by atoms with Crippen molar-refractivity contribution in [1.29, 1.82) is 0 Å². The molecule has 1 aliphatic heterocycles. The van der Waals surface area contributed by atoms with Crippen LogP contribution in [-0.4, -0.2) is 36.2 Å².